The summed E-state index contributed by atoms with van der Waals surface area (Å²) in [7, 11) is 2.48. The van der Waals surface area contributed by atoms with Crippen molar-refractivity contribution in [3.8, 4) is 0 Å². The average Bonchev–Trinajstić information content (AvgIpc) is 2.58. The molecule has 0 atom stereocenters. The first-order chi connectivity index (χ1) is 7.08. The highest BCUT2D eigenvalue weighted by Gasteiger charge is 2.14. The fourth-order valence-corrected chi connectivity index (χ4v) is 1.35. The second-order valence-electron chi connectivity index (χ2n) is 2.51. The van der Waals surface area contributed by atoms with E-state index in [9.17, 15) is 9.59 Å². The largest absolute Gasteiger partial charge is 0.464 e. The Morgan fingerprint density at radius 1 is 1.40 bits per heavy atom. The Kier molecular flexibility index (Phi) is 3.73. The Balaban J connectivity index is 2.96. The van der Waals surface area contributed by atoms with Gasteiger partial charge in [0.1, 0.15) is 5.69 Å². The second kappa shape index (κ2) is 4.83. The minimum atomic E-state index is -0.678. The van der Waals surface area contributed by atoms with Gasteiger partial charge >= 0.3 is 12.1 Å². The lowest BCUT2D eigenvalue weighted by Crippen LogP contribution is -2.25. The number of nitrogens with zero attached hydrogens (tertiary/aromatic N) is 1. The van der Waals surface area contributed by atoms with Crippen molar-refractivity contribution in [2.24, 2.45) is 0 Å². The van der Waals surface area contributed by atoms with Crippen molar-refractivity contribution < 1.29 is 19.1 Å². The maximum atomic E-state index is 11.3. The summed E-state index contributed by atoms with van der Waals surface area (Å²) in [6.45, 7) is 0. The van der Waals surface area contributed by atoms with Gasteiger partial charge in [-0.25, -0.2) is 19.7 Å². The highest BCUT2D eigenvalue weighted by molar-refractivity contribution is 9.10. The van der Waals surface area contributed by atoms with Crippen LogP contribution < -0.4 is 5.43 Å². The number of ether oxygens (including phenoxy) is 2. The molecule has 1 N–H and O–H groups in total. The topological polar surface area (TPSA) is 69.6 Å². The van der Waals surface area contributed by atoms with Crippen LogP contribution in [0.2, 0.25) is 0 Å². The molecule has 15 heavy (non-hydrogen) atoms. The van der Waals surface area contributed by atoms with Crippen molar-refractivity contribution in [3.05, 3.63) is 22.4 Å². The van der Waals surface area contributed by atoms with Gasteiger partial charge in [-0.05, 0) is 22.0 Å². The lowest BCUT2D eigenvalue weighted by Gasteiger charge is -2.07. The molecule has 82 valence electrons. The molecule has 0 aliphatic heterocycles. The Bertz CT molecular complexity index is 388. The van der Waals surface area contributed by atoms with Crippen molar-refractivity contribution >= 4 is 28.0 Å². The monoisotopic (exact) mass is 276 g/mol. The number of amides is 1. The normalized spacial score (nSPS) is 9.53. The fraction of sp³-hybridized carbons (Fsp3) is 0.250. The minimum absolute atomic E-state index is 0.190. The Morgan fingerprint density at radius 3 is 2.60 bits per heavy atom. The van der Waals surface area contributed by atoms with Crippen molar-refractivity contribution in [1.29, 1.82) is 0 Å². The number of methoxy groups -OCH3 is 2. The van der Waals surface area contributed by atoms with E-state index in [1.54, 1.807) is 0 Å². The van der Waals surface area contributed by atoms with Crippen LogP contribution in [0.25, 0.3) is 0 Å². The second-order valence-corrected chi connectivity index (χ2v) is 3.42. The number of carbonyl (C=O) groups excluding carboxylic acids is 2. The predicted molar refractivity (Wildman–Crippen MR) is 55.2 cm³/mol. The first-order valence-corrected chi connectivity index (χ1v) is 4.69. The molecule has 1 amide bonds. The number of nitrogens with one attached hydrogen (secondary N) is 1. The molecule has 0 spiro atoms. The first kappa shape index (κ1) is 11.6. The third kappa shape index (κ3) is 2.72. The van der Waals surface area contributed by atoms with E-state index < -0.39 is 12.1 Å². The van der Waals surface area contributed by atoms with Crippen LogP contribution in [0.1, 0.15) is 10.5 Å². The van der Waals surface area contributed by atoms with E-state index >= 15 is 0 Å². The van der Waals surface area contributed by atoms with Gasteiger partial charge in [0.15, 0.2) is 0 Å². The zero-order chi connectivity index (χ0) is 11.4. The van der Waals surface area contributed by atoms with Crippen LogP contribution in [0, 0.1) is 0 Å². The van der Waals surface area contributed by atoms with Crippen molar-refractivity contribution in [1.82, 2.24) is 4.68 Å². The first-order valence-electron chi connectivity index (χ1n) is 3.89. The maximum Gasteiger partial charge on any atom is 0.426 e. The van der Waals surface area contributed by atoms with Crippen LogP contribution >= 0.6 is 15.9 Å². The SMILES string of the molecule is COC(=O)Nn1cc(Br)cc1C(=O)OC. The van der Waals surface area contributed by atoms with Crippen molar-refractivity contribution in [2.45, 2.75) is 0 Å². The Hall–Kier alpha value is -1.50. The average molecular weight is 277 g/mol. The molecular formula is C8H9BrN2O4. The van der Waals surface area contributed by atoms with Gasteiger partial charge in [-0.1, -0.05) is 0 Å². The number of hydrogen-bond donors (Lipinski definition) is 1. The molecule has 0 saturated carbocycles. The molecule has 0 fully saturated rings. The summed E-state index contributed by atoms with van der Waals surface area (Å²) in [4.78, 5) is 22.2. The smallest absolute Gasteiger partial charge is 0.426 e. The highest BCUT2D eigenvalue weighted by Crippen LogP contribution is 2.14. The van der Waals surface area contributed by atoms with E-state index in [4.69, 9.17) is 0 Å². The molecule has 0 unspecified atom stereocenters. The van der Waals surface area contributed by atoms with Crippen LogP contribution in [0.15, 0.2) is 16.7 Å². The molecule has 7 heteroatoms. The summed E-state index contributed by atoms with van der Waals surface area (Å²) in [6.07, 6.45) is 0.826. The number of hydrogen-bond acceptors (Lipinski definition) is 4. The zero-order valence-corrected chi connectivity index (χ0v) is 9.70. The summed E-state index contributed by atoms with van der Waals surface area (Å²) in [5.41, 5.74) is 2.51. The van der Waals surface area contributed by atoms with Gasteiger partial charge in [0.05, 0.1) is 14.2 Å². The van der Waals surface area contributed by atoms with Crippen LogP contribution in [-0.2, 0) is 9.47 Å². The molecule has 1 aromatic rings. The third-order valence-electron chi connectivity index (χ3n) is 1.58. The van der Waals surface area contributed by atoms with Gasteiger partial charge in [-0.15, -0.1) is 0 Å². The molecule has 1 heterocycles. The number of esters is 1. The molecular weight excluding hydrogens is 268 g/mol. The lowest BCUT2D eigenvalue weighted by atomic mass is 10.4. The summed E-state index contributed by atoms with van der Waals surface area (Å²) in [5, 5.41) is 0. The fourth-order valence-electron chi connectivity index (χ4n) is 0.929. The van der Waals surface area contributed by atoms with Gasteiger partial charge in [0, 0.05) is 10.7 Å². The third-order valence-corrected chi connectivity index (χ3v) is 2.01. The molecule has 0 bridgehead atoms. The van der Waals surface area contributed by atoms with Gasteiger partial charge in [0.2, 0.25) is 0 Å². The molecule has 0 radical (unpaired) electrons. The van der Waals surface area contributed by atoms with Crippen LogP contribution in [0.4, 0.5) is 4.79 Å². The van der Waals surface area contributed by atoms with Gasteiger partial charge in [0.25, 0.3) is 0 Å². The number of halogens is 1. The number of rotatable bonds is 2. The molecule has 1 aromatic heterocycles. The summed E-state index contributed by atoms with van der Waals surface area (Å²) >= 11 is 3.17. The van der Waals surface area contributed by atoms with E-state index in [-0.39, 0.29) is 5.69 Å². The van der Waals surface area contributed by atoms with Crippen molar-refractivity contribution in [3.63, 3.8) is 0 Å². The minimum Gasteiger partial charge on any atom is -0.464 e. The van der Waals surface area contributed by atoms with Gasteiger partial charge < -0.3 is 9.47 Å². The van der Waals surface area contributed by atoms with E-state index in [1.807, 2.05) is 0 Å². The summed E-state index contributed by atoms with van der Waals surface area (Å²) in [6, 6.07) is 1.52. The number of carbonyl (C=O) groups is 2. The van der Waals surface area contributed by atoms with Gasteiger partial charge in [-0.3, -0.25) is 0 Å². The molecule has 0 saturated heterocycles. The zero-order valence-electron chi connectivity index (χ0n) is 8.11. The van der Waals surface area contributed by atoms with Crippen LogP contribution in [0.3, 0.4) is 0 Å². The standard InChI is InChI=1S/C8H9BrN2O4/c1-14-7(12)6-3-5(9)4-11(6)10-8(13)15-2/h3-4H,1-2H3,(H,10,13). The molecule has 6 nitrogen and oxygen atoms in total. The van der Waals surface area contributed by atoms with E-state index in [0.29, 0.717) is 4.47 Å². The molecule has 0 aliphatic rings. The number of aromatic nitrogens is 1. The van der Waals surface area contributed by atoms with Crippen molar-refractivity contribution in [2.75, 3.05) is 19.6 Å². The predicted octanol–water partition coefficient (Wildman–Crippen LogP) is 1.35. The van der Waals surface area contributed by atoms with Gasteiger partial charge in [-0.2, -0.15) is 0 Å². The quantitative estimate of drug-likeness (QED) is 0.828. The van der Waals surface area contributed by atoms with Crippen LogP contribution in [-0.4, -0.2) is 31.0 Å². The lowest BCUT2D eigenvalue weighted by molar-refractivity contribution is 0.0590. The maximum absolute atomic E-state index is 11.3. The van der Waals surface area contributed by atoms with E-state index in [0.717, 1.165) is 0 Å². The molecule has 1 rings (SSSR count). The van der Waals surface area contributed by atoms with E-state index in [1.165, 1.54) is 31.2 Å². The Labute approximate surface area is 94.2 Å². The molecule has 0 aromatic carbocycles. The van der Waals surface area contributed by atoms with E-state index in [2.05, 4.69) is 30.8 Å². The Morgan fingerprint density at radius 2 is 2.07 bits per heavy atom. The summed E-state index contributed by atoms with van der Waals surface area (Å²) < 4.78 is 10.8. The van der Waals surface area contributed by atoms with Crippen LogP contribution in [0.5, 0.6) is 0 Å². The summed E-state index contributed by atoms with van der Waals surface area (Å²) in [5.74, 6) is -0.558. The molecule has 0 aliphatic carbocycles. The highest BCUT2D eigenvalue weighted by atomic mass is 79.9.